The predicted octanol–water partition coefficient (Wildman–Crippen LogP) is -0.757. The fraction of sp³-hybridized carbons (Fsp3) is 0.667. The van der Waals surface area contributed by atoms with Crippen molar-refractivity contribution in [2.45, 2.75) is 19.1 Å². The molecule has 0 aromatic carbocycles. The first kappa shape index (κ1) is 8.62. The summed E-state index contributed by atoms with van der Waals surface area (Å²) in [5, 5.41) is 17.4. The highest BCUT2D eigenvalue weighted by Gasteiger charge is 2.07. The van der Waals surface area contributed by atoms with Gasteiger partial charge in [-0.1, -0.05) is 12.2 Å². The summed E-state index contributed by atoms with van der Waals surface area (Å²) in [5.41, 5.74) is 5.25. The van der Waals surface area contributed by atoms with Crippen molar-refractivity contribution in [2.75, 3.05) is 6.61 Å². The van der Waals surface area contributed by atoms with Crippen molar-refractivity contribution in [3.05, 3.63) is 12.2 Å². The summed E-state index contributed by atoms with van der Waals surface area (Å²) in [6, 6.07) is -0.554. The Hall–Kier alpha value is -0.380. The second-order valence-electron chi connectivity index (χ2n) is 1.86. The molecule has 0 rings (SSSR count). The molecule has 9 heavy (non-hydrogen) atoms. The standard InChI is InChI=1S/C6H13NO2/c1-2-3-6(9)5(7)4-8/h2-3,5-6,8-9H,4,7H2,1H3. The van der Waals surface area contributed by atoms with E-state index in [-0.39, 0.29) is 6.61 Å². The van der Waals surface area contributed by atoms with Gasteiger partial charge in [-0.15, -0.1) is 0 Å². The Kier molecular flexibility index (Phi) is 4.30. The molecule has 0 bridgehead atoms. The number of aliphatic hydroxyl groups excluding tert-OH is 2. The zero-order chi connectivity index (χ0) is 7.28. The van der Waals surface area contributed by atoms with Crippen molar-refractivity contribution in [2.24, 2.45) is 5.73 Å². The van der Waals surface area contributed by atoms with Crippen molar-refractivity contribution in [3.8, 4) is 0 Å². The van der Waals surface area contributed by atoms with Gasteiger partial charge in [0, 0.05) is 0 Å². The van der Waals surface area contributed by atoms with E-state index in [0.717, 1.165) is 0 Å². The lowest BCUT2D eigenvalue weighted by Gasteiger charge is -2.10. The zero-order valence-electron chi connectivity index (χ0n) is 5.49. The van der Waals surface area contributed by atoms with Gasteiger partial charge in [-0.3, -0.25) is 0 Å². The van der Waals surface area contributed by atoms with Crippen molar-refractivity contribution in [3.63, 3.8) is 0 Å². The largest absolute Gasteiger partial charge is 0.395 e. The Morgan fingerprint density at radius 3 is 2.56 bits per heavy atom. The molecule has 0 aliphatic carbocycles. The summed E-state index contributed by atoms with van der Waals surface area (Å²) in [6.07, 6.45) is 2.51. The molecule has 0 saturated heterocycles. The quantitative estimate of drug-likeness (QED) is 0.441. The first-order chi connectivity index (χ1) is 4.22. The molecule has 0 spiro atoms. The van der Waals surface area contributed by atoms with Crippen molar-refractivity contribution in [1.29, 1.82) is 0 Å². The maximum atomic E-state index is 8.95. The van der Waals surface area contributed by atoms with Gasteiger partial charge in [0.1, 0.15) is 0 Å². The Morgan fingerprint density at radius 2 is 2.22 bits per heavy atom. The van der Waals surface area contributed by atoms with Gasteiger partial charge in [0.15, 0.2) is 0 Å². The highest BCUT2D eigenvalue weighted by molar-refractivity contribution is 4.91. The number of aliphatic hydroxyl groups is 2. The van der Waals surface area contributed by atoms with Gasteiger partial charge < -0.3 is 15.9 Å². The van der Waals surface area contributed by atoms with E-state index in [0.29, 0.717) is 0 Å². The van der Waals surface area contributed by atoms with Crippen LogP contribution in [0, 0.1) is 0 Å². The van der Waals surface area contributed by atoms with E-state index in [1.54, 1.807) is 19.1 Å². The molecule has 54 valence electrons. The minimum absolute atomic E-state index is 0.189. The summed E-state index contributed by atoms with van der Waals surface area (Å²) in [7, 11) is 0. The Labute approximate surface area is 54.8 Å². The van der Waals surface area contributed by atoms with Crippen molar-refractivity contribution >= 4 is 0 Å². The zero-order valence-corrected chi connectivity index (χ0v) is 5.49. The summed E-state index contributed by atoms with van der Waals surface area (Å²) >= 11 is 0. The van der Waals surface area contributed by atoms with Crippen LogP contribution < -0.4 is 5.73 Å². The third-order valence-corrected chi connectivity index (χ3v) is 1.04. The van der Waals surface area contributed by atoms with Gasteiger partial charge in [-0.25, -0.2) is 0 Å². The SMILES string of the molecule is CC=CC(O)C(N)CO. The highest BCUT2D eigenvalue weighted by Crippen LogP contribution is 1.90. The summed E-state index contributed by atoms with van der Waals surface area (Å²) in [6.45, 7) is 1.60. The van der Waals surface area contributed by atoms with E-state index in [9.17, 15) is 0 Å². The van der Waals surface area contributed by atoms with E-state index < -0.39 is 12.1 Å². The smallest absolute Gasteiger partial charge is 0.0894 e. The topological polar surface area (TPSA) is 66.5 Å². The van der Waals surface area contributed by atoms with Gasteiger partial charge in [-0.05, 0) is 6.92 Å². The number of rotatable bonds is 3. The number of allylic oxidation sites excluding steroid dienone is 1. The van der Waals surface area contributed by atoms with Crippen LogP contribution in [-0.2, 0) is 0 Å². The second kappa shape index (κ2) is 4.49. The van der Waals surface area contributed by atoms with Crippen LogP contribution in [0.3, 0.4) is 0 Å². The molecule has 0 aromatic rings. The molecule has 0 radical (unpaired) electrons. The lowest BCUT2D eigenvalue weighted by molar-refractivity contribution is 0.144. The van der Waals surface area contributed by atoms with Gasteiger partial charge >= 0.3 is 0 Å². The molecular formula is C6H13NO2. The Morgan fingerprint density at radius 1 is 1.67 bits per heavy atom. The molecule has 0 aliphatic rings. The average molecular weight is 131 g/mol. The maximum absolute atomic E-state index is 8.95. The van der Waals surface area contributed by atoms with Crippen LogP contribution in [0.2, 0.25) is 0 Å². The molecule has 0 saturated carbocycles. The number of nitrogens with two attached hydrogens (primary N) is 1. The summed E-state index contributed by atoms with van der Waals surface area (Å²) in [5.74, 6) is 0. The van der Waals surface area contributed by atoms with Gasteiger partial charge in [0.25, 0.3) is 0 Å². The van der Waals surface area contributed by atoms with Crippen LogP contribution in [0.5, 0.6) is 0 Å². The van der Waals surface area contributed by atoms with E-state index in [1.165, 1.54) is 0 Å². The summed E-state index contributed by atoms with van der Waals surface area (Å²) < 4.78 is 0. The average Bonchev–Trinajstić information content (AvgIpc) is 1.87. The van der Waals surface area contributed by atoms with Crippen LogP contribution in [0.1, 0.15) is 6.92 Å². The molecule has 0 heterocycles. The fourth-order valence-electron chi connectivity index (χ4n) is 0.448. The number of hydrogen-bond acceptors (Lipinski definition) is 3. The molecule has 2 unspecified atom stereocenters. The van der Waals surface area contributed by atoms with E-state index in [2.05, 4.69) is 0 Å². The van der Waals surface area contributed by atoms with Gasteiger partial charge in [0.2, 0.25) is 0 Å². The van der Waals surface area contributed by atoms with Crippen LogP contribution in [0.15, 0.2) is 12.2 Å². The summed E-state index contributed by atoms with van der Waals surface area (Å²) in [4.78, 5) is 0. The third-order valence-electron chi connectivity index (χ3n) is 1.04. The van der Waals surface area contributed by atoms with Crippen molar-refractivity contribution in [1.82, 2.24) is 0 Å². The number of hydrogen-bond donors (Lipinski definition) is 3. The minimum Gasteiger partial charge on any atom is -0.395 e. The van der Waals surface area contributed by atoms with Crippen LogP contribution in [0.4, 0.5) is 0 Å². The van der Waals surface area contributed by atoms with Crippen molar-refractivity contribution < 1.29 is 10.2 Å². The molecule has 0 fully saturated rings. The second-order valence-corrected chi connectivity index (χ2v) is 1.86. The fourth-order valence-corrected chi connectivity index (χ4v) is 0.448. The molecule has 4 N–H and O–H groups in total. The monoisotopic (exact) mass is 131 g/mol. The normalized spacial score (nSPS) is 18.2. The molecular weight excluding hydrogens is 118 g/mol. The molecule has 0 aliphatic heterocycles. The molecule has 3 heteroatoms. The molecule has 2 atom stereocenters. The third kappa shape index (κ3) is 3.24. The van der Waals surface area contributed by atoms with Crippen LogP contribution in [0.25, 0.3) is 0 Å². The lowest BCUT2D eigenvalue weighted by Crippen LogP contribution is -2.36. The Bertz CT molecular complexity index is 93.1. The van der Waals surface area contributed by atoms with E-state index in [1.807, 2.05) is 0 Å². The van der Waals surface area contributed by atoms with Crippen LogP contribution in [-0.4, -0.2) is 29.0 Å². The van der Waals surface area contributed by atoms with Crippen LogP contribution >= 0.6 is 0 Å². The van der Waals surface area contributed by atoms with E-state index in [4.69, 9.17) is 15.9 Å². The first-order valence-corrected chi connectivity index (χ1v) is 2.89. The maximum Gasteiger partial charge on any atom is 0.0894 e. The minimum atomic E-state index is -0.722. The highest BCUT2D eigenvalue weighted by atomic mass is 16.3. The Balaban J connectivity index is 3.58. The predicted molar refractivity (Wildman–Crippen MR) is 35.9 cm³/mol. The molecule has 0 amide bonds. The van der Waals surface area contributed by atoms with E-state index >= 15 is 0 Å². The molecule has 0 aromatic heterocycles. The van der Waals surface area contributed by atoms with Gasteiger partial charge in [-0.2, -0.15) is 0 Å². The first-order valence-electron chi connectivity index (χ1n) is 2.89. The lowest BCUT2D eigenvalue weighted by atomic mass is 10.2. The van der Waals surface area contributed by atoms with Gasteiger partial charge in [0.05, 0.1) is 18.8 Å². The molecule has 3 nitrogen and oxygen atoms in total.